The number of aliphatic hydroxyl groups excluding tert-OH is 5. The summed E-state index contributed by atoms with van der Waals surface area (Å²) in [6.07, 6.45) is 71.2. The van der Waals surface area contributed by atoms with Crippen LogP contribution < -0.4 is 5.32 Å². The lowest BCUT2D eigenvalue weighted by Crippen LogP contribution is -2.61. The zero-order chi connectivity index (χ0) is 63.1. The van der Waals surface area contributed by atoms with E-state index in [0.717, 1.165) is 83.5 Å². The van der Waals surface area contributed by atoms with Gasteiger partial charge in [-0.15, -0.1) is 0 Å². The van der Waals surface area contributed by atoms with Gasteiger partial charge in [-0.25, -0.2) is 0 Å². The maximum atomic E-state index is 13.5. The summed E-state index contributed by atoms with van der Waals surface area (Å²) in [4.78, 5) is 26.7. The summed E-state index contributed by atoms with van der Waals surface area (Å²) in [5, 5.41) is 57.3. The number of carbonyl (C=O) groups excluding carboxylic acids is 2. The molecule has 0 aromatic rings. The Morgan fingerprint density at radius 1 is 0.448 bits per heavy atom. The van der Waals surface area contributed by atoms with Crippen molar-refractivity contribution in [3.05, 3.63) is 60.8 Å². The molecule has 0 bridgehead atoms. The van der Waals surface area contributed by atoms with Crippen molar-refractivity contribution in [2.75, 3.05) is 13.2 Å². The van der Waals surface area contributed by atoms with Gasteiger partial charge in [0, 0.05) is 6.42 Å². The Bertz CT molecular complexity index is 1650. The normalized spacial score (nSPS) is 18.6. The second-order valence-electron chi connectivity index (χ2n) is 25.7. The fourth-order valence-electron chi connectivity index (χ4n) is 11.6. The van der Waals surface area contributed by atoms with Crippen molar-refractivity contribution in [3.63, 3.8) is 0 Å². The summed E-state index contributed by atoms with van der Waals surface area (Å²) >= 11 is 0. The number of ether oxygens (including phenoxy) is 3. The zero-order valence-electron chi connectivity index (χ0n) is 56.6. The van der Waals surface area contributed by atoms with Crippen LogP contribution >= 0.6 is 0 Å². The van der Waals surface area contributed by atoms with Crippen LogP contribution in [-0.2, 0) is 23.8 Å². The molecule has 508 valence electrons. The van der Waals surface area contributed by atoms with E-state index in [4.69, 9.17) is 14.2 Å². The maximum Gasteiger partial charge on any atom is 0.306 e. The Kier molecular flexibility index (Phi) is 60.1. The van der Waals surface area contributed by atoms with E-state index in [0.29, 0.717) is 19.3 Å². The predicted molar refractivity (Wildman–Crippen MR) is 366 cm³/mol. The number of rotatable bonds is 64. The second-order valence-corrected chi connectivity index (χ2v) is 25.7. The molecule has 1 aliphatic heterocycles. The first kappa shape index (κ1) is 82.4. The molecule has 1 aliphatic rings. The van der Waals surface area contributed by atoms with Crippen LogP contribution in [0.3, 0.4) is 0 Å². The van der Waals surface area contributed by atoms with Gasteiger partial charge >= 0.3 is 5.97 Å². The van der Waals surface area contributed by atoms with Crippen LogP contribution in [0.15, 0.2) is 60.8 Å². The van der Waals surface area contributed by atoms with Crippen molar-refractivity contribution in [2.45, 2.75) is 397 Å². The van der Waals surface area contributed by atoms with Gasteiger partial charge in [0.1, 0.15) is 24.4 Å². The van der Waals surface area contributed by atoms with Crippen LogP contribution in [0.1, 0.15) is 348 Å². The number of aliphatic hydroxyl groups is 5. The minimum Gasteiger partial charge on any atom is -0.454 e. The molecular weight excluding hydrogens is 1090 g/mol. The predicted octanol–water partition coefficient (Wildman–Crippen LogP) is 19.3. The lowest BCUT2D eigenvalue weighted by molar-refractivity contribution is -0.305. The van der Waals surface area contributed by atoms with E-state index < -0.39 is 67.4 Å². The molecule has 8 unspecified atom stereocenters. The summed E-state index contributed by atoms with van der Waals surface area (Å²) in [6.45, 7) is 5.80. The summed E-state index contributed by atoms with van der Waals surface area (Å²) in [5.74, 6) is -1.18. The van der Waals surface area contributed by atoms with Gasteiger partial charge in [-0.05, 0) is 70.6 Å². The van der Waals surface area contributed by atoms with Gasteiger partial charge in [-0.2, -0.15) is 0 Å². The van der Waals surface area contributed by atoms with Crippen molar-refractivity contribution in [1.82, 2.24) is 5.32 Å². The molecule has 0 aromatic heterocycles. The minimum absolute atomic E-state index is 0.120. The van der Waals surface area contributed by atoms with Gasteiger partial charge in [0.05, 0.1) is 25.4 Å². The van der Waals surface area contributed by atoms with E-state index in [1.807, 2.05) is 6.08 Å². The highest BCUT2D eigenvalue weighted by Gasteiger charge is 2.47. The van der Waals surface area contributed by atoms with Crippen LogP contribution in [0.5, 0.6) is 0 Å². The van der Waals surface area contributed by atoms with Crippen molar-refractivity contribution in [1.29, 1.82) is 0 Å². The topological polar surface area (TPSA) is 175 Å². The fourth-order valence-corrected chi connectivity index (χ4v) is 11.6. The first-order chi connectivity index (χ1) is 42.7. The van der Waals surface area contributed by atoms with E-state index in [-0.39, 0.29) is 13.0 Å². The molecular formula is C76H139NO10. The van der Waals surface area contributed by atoms with Gasteiger partial charge < -0.3 is 45.1 Å². The van der Waals surface area contributed by atoms with Crippen molar-refractivity contribution in [2.24, 2.45) is 0 Å². The molecule has 0 aromatic carbocycles. The Balaban J connectivity index is 2.52. The third-order valence-corrected chi connectivity index (χ3v) is 17.4. The third kappa shape index (κ3) is 50.7. The molecule has 1 saturated heterocycles. The summed E-state index contributed by atoms with van der Waals surface area (Å²) in [7, 11) is 0. The largest absolute Gasteiger partial charge is 0.454 e. The Hall–Kier alpha value is -2.64. The molecule has 1 rings (SSSR count). The van der Waals surface area contributed by atoms with E-state index in [1.165, 1.54) is 218 Å². The fraction of sp³-hybridized carbons (Fsp3) is 0.842. The number of carbonyl (C=O) groups is 2. The number of unbranched alkanes of at least 4 members (excludes halogenated alkanes) is 42. The third-order valence-electron chi connectivity index (χ3n) is 17.4. The molecule has 8 atom stereocenters. The Morgan fingerprint density at radius 3 is 1.21 bits per heavy atom. The number of esters is 1. The van der Waals surface area contributed by atoms with Gasteiger partial charge in [0.15, 0.2) is 12.4 Å². The van der Waals surface area contributed by atoms with E-state index in [1.54, 1.807) is 6.08 Å². The number of hydrogen-bond acceptors (Lipinski definition) is 10. The Labute approximate surface area is 535 Å². The lowest BCUT2D eigenvalue weighted by Gasteiger charge is -2.41. The van der Waals surface area contributed by atoms with Crippen molar-refractivity contribution in [3.8, 4) is 0 Å². The highest BCUT2D eigenvalue weighted by molar-refractivity contribution is 5.80. The summed E-state index contributed by atoms with van der Waals surface area (Å²) in [6, 6.07) is -1.02. The number of amides is 1. The molecule has 11 nitrogen and oxygen atoms in total. The molecule has 1 heterocycles. The average Bonchev–Trinajstić information content (AvgIpc) is 2.93. The highest BCUT2D eigenvalue weighted by Crippen LogP contribution is 2.26. The molecule has 1 amide bonds. The quantitative estimate of drug-likeness (QED) is 0.0195. The van der Waals surface area contributed by atoms with Gasteiger partial charge in [0.25, 0.3) is 0 Å². The van der Waals surface area contributed by atoms with E-state index in [2.05, 4.69) is 74.7 Å². The van der Waals surface area contributed by atoms with Crippen molar-refractivity contribution < 1.29 is 49.3 Å². The number of hydrogen-bond donors (Lipinski definition) is 6. The monoisotopic (exact) mass is 1230 g/mol. The molecule has 0 radical (unpaired) electrons. The molecule has 87 heavy (non-hydrogen) atoms. The first-order valence-corrected chi connectivity index (χ1v) is 37.1. The number of nitrogens with one attached hydrogen (secondary N) is 1. The van der Waals surface area contributed by atoms with E-state index >= 15 is 0 Å². The van der Waals surface area contributed by atoms with Crippen LogP contribution in [-0.4, -0.2) is 99.6 Å². The smallest absolute Gasteiger partial charge is 0.306 e. The average molecular weight is 1230 g/mol. The molecule has 0 spiro atoms. The van der Waals surface area contributed by atoms with Gasteiger partial charge in [-0.3, -0.25) is 9.59 Å². The lowest BCUT2D eigenvalue weighted by atomic mass is 9.99. The van der Waals surface area contributed by atoms with Crippen LogP contribution in [0.25, 0.3) is 0 Å². The molecule has 11 heteroatoms. The molecule has 1 fully saturated rings. The van der Waals surface area contributed by atoms with Crippen molar-refractivity contribution >= 4 is 11.9 Å². The van der Waals surface area contributed by atoms with Crippen LogP contribution in [0.4, 0.5) is 0 Å². The zero-order valence-corrected chi connectivity index (χ0v) is 56.6. The maximum absolute atomic E-state index is 13.5. The standard InChI is InChI=1S/C76H139NO10/c1-4-7-10-13-16-19-22-24-26-28-30-32-33-34-35-36-37-38-40-42-44-46-49-52-55-58-61-64-71(81)87-74-73(83)72(82)70(65-78)86-76(74)85-66-67(68(79)62-59-56-53-50-47-21-18-15-12-9-6-3)77-75(84)69(80)63-60-57-54-51-48-45-43-41-39-31-29-27-25-23-20-17-14-11-8-5-2/h16,19,24,26,30,32,34-35,59,62,67-70,72-74,76,78-80,82-83H,4-15,17-18,20-23,25,27-29,31,33,36-58,60-61,63-66H2,1-3H3,(H,77,84)/b19-16-,26-24-,32-30-,35-34-,62-59+. The number of allylic oxidation sites excluding steroid dienone is 9. The summed E-state index contributed by atoms with van der Waals surface area (Å²) < 4.78 is 17.7. The minimum atomic E-state index is -1.62. The summed E-state index contributed by atoms with van der Waals surface area (Å²) in [5.41, 5.74) is 0. The first-order valence-electron chi connectivity index (χ1n) is 37.1. The van der Waals surface area contributed by atoms with Crippen LogP contribution in [0.2, 0.25) is 0 Å². The molecule has 0 saturated carbocycles. The van der Waals surface area contributed by atoms with E-state index in [9.17, 15) is 35.1 Å². The highest BCUT2D eigenvalue weighted by atomic mass is 16.7. The Morgan fingerprint density at radius 2 is 0.793 bits per heavy atom. The van der Waals surface area contributed by atoms with Crippen LogP contribution in [0, 0.1) is 0 Å². The van der Waals surface area contributed by atoms with Gasteiger partial charge in [0.2, 0.25) is 5.91 Å². The molecule has 6 N–H and O–H groups in total. The SMILES string of the molecule is CCCCC/C=C\C/C=C\C/C=C\C/C=C\CCCCCCCCCCCCCC(=O)OC1C(OCC(NC(=O)C(O)CCCCCCCCCCCCCCCCCCCCCC)C(O)/C=C/CCCCCCCCCCC)OC(CO)C(O)C1O. The second kappa shape index (κ2) is 63.5. The molecule has 0 aliphatic carbocycles. The van der Waals surface area contributed by atoms with Gasteiger partial charge in [-0.1, -0.05) is 332 Å².